The lowest BCUT2D eigenvalue weighted by atomic mass is 10.0. The maximum Gasteiger partial charge on any atom is 0.472 e. The van der Waals surface area contributed by atoms with Gasteiger partial charge in [0.25, 0.3) is 0 Å². The van der Waals surface area contributed by atoms with Gasteiger partial charge >= 0.3 is 13.8 Å². The molecule has 0 aliphatic rings. The van der Waals surface area contributed by atoms with Crippen molar-refractivity contribution in [2.45, 2.75) is 180 Å². The monoisotopic (exact) mass is 778 g/mol. The summed E-state index contributed by atoms with van der Waals surface area (Å²) in [6.45, 7) is 4.08. The normalized spacial score (nSPS) is 14.1. The fourth-order valence-electron chi connectivity index (χ4n) is 5.58. The Kier molecular flexibility index (Phi) is 40.2. The first-order chi connectivity index (χ1) is 26.4. The summed E-state index contributed by atoms with van der Waals surface area (Å²) >= 11 is 0. The molecule has 0 aromatic carbocycles. The number of phosphoric ester groups is 1. The predicted octanol–water partition coefficient (Wildman–Crippen LogP) is 13.1. The van der Waals surface area contributed by atoms with Gasteiger partial charge in [-0.3, -0.25) is 13.8 Å². The third-order valence-corrected chi connectivity index (χ3v) is 9.69. The molecule has 0 amide bonds. The van der Waals surface area contributed by atoms with Gasteiger partial charge in [0.05, 0.1) is 19.5 Å². The number of hydrogen-bond donors (Lipinski definition) is 2. The summed E-state index contributed by atoms with van der Waals surface area (Å²) in [7, 11) is -4.30. The SMILES string of the molecule is CCC=CCC=CCC=CCC=CCC=CCCCCCC(=O)O[C@H](COC=CCCCCCCCCCCCCCCCC)COP(=O)(O)OCCN. The molecule has 8 nitrogen and oxygen atoms in total. The molecule has 0 bridgehead atoms. The van der Waals surface area contributed by atoms with Crippen LogP contribution in [-0.4, -0.2) is 43.3 Å². The van der Waals surface area contributed by atoms with Crippen molar-refractivity contribution in [3.63, 3.8) is 0 Å². The van der Waals surface area contributed by atoms with Crippen molar-refractivity contribution in [2.75, 3.05) is 26.4 Å². The average Bonchev–Trinajstić information content (AvgIpc) is 3.16. The second-order valence-electron chi connectivity index (χ2n) is 13.9. The van der Waals surface area contributed by atoms with Crippen molar-refractivity contribution >= 4 is 13.8 Å². The van der Waals surface area contributed by atoms with E-state index < -0.39 is 13.9 Å². The Morgan fingerprint density at radius 1 is 0.593 bits per heavy atom. The smallest absolute Gasteiger partial charge is 0.472 e. The number of allylic oxidation sites excluding steroid dienone is 11. The second kappa shape index (κ2) is 41.9. The van der Waals surface area contributed by atoms with Crippen LogP contribution in [0.25, 0.3) is 0 Å². The minimum absolute atomic E-state index is 0.0158. The minimum Gasteiger partial charge on any atom is -0.498 e. The summed E-state index contributed by atoms with van der Waals surface area (Å²) in [6.07, 6.45) is 53.0. The predicted molar refractivity (Wildman–Crippen MR) is 228 cm³/mol. The standard InChI is InChI=1S/C45H80NO7P/c1-3-5-7-9-11-13-15-17-19-21-22-23-24-26-28-30-32-34-36-38-45(47)53-44(43-52-54(48,49)51-41-39-46)42-50-40-37-35-33-31-29-27-25-20-18-16-14-12-10-8-6-4-2/h5,7,11,13,17,19,22-23,26,28,37,40,44H,3-4,6,8-10,12,14-16,18,20-21,24-25,27,29-36,38-39,41-43,46H2,1-2H3,(H,48,49)/t44-/m1/s1. The lowest BCUT2D eigenvalue weighted by Crippen LogP contribution is -2.27. The van der Waals surface area contributed by atoms with Crippen molar-refractivity contribution in [3.05, 3.63) is 73.1 Å². The number of unbranched alkanes of at least 4 members (excludes halogenated alkanes) is 17. The Balaban J connectivity index is 4.17. The van der Waals surface area contributed by atoms with E-state index in [-0.39, 0.29) is 38.8 Å². The molecule has 0 saturated carbocycles. The molecule has 0 aromatic rings. The molecule has 0 spiro atoms. The summed E-state index contributed by atoms with van der Waals surface area (Å²) in [4.78, 5) is 22.4. The average molecular weight is 778 g/mol. The van der Waals surface area contributed by atoms with Crippen LogP contribution in [0.2, 0.25) is 0 Å². The van der Waals surface area contributed by atoms with Gasteiger partial charge in [0, 0.05) is 13.0 Å². The Morgan fingerprint density at radius 2 is 1.06 bits per heavy atom. The number of carbonyl (C=O) groups is 1. The molecule has 0 heterocycles. The molecule has 312 valence electrons. The van der Waals surface area contributed by atoms with E-state index in [4.69, 9.17) is 24.3 Å². The lowest BCUT2D eigenvalue weighted by molar-refractivity contribution is -0.153. The fourth-order valence-corrected chi connectivity index (χ4v) is 6.34. The van der Waals surface area contributed by atoms with Gasteiger partial charge in [-0.1, -0.05) is 164 Å². The van der Waals surface area contributed by atoms with Crippen LogP contribution in [0.15, 0.2) is 73.1 Å². The van der Waals surface area contributed by atoms with Crippen molar-refractivity contribution in [3.8, 4) is 0 Å². The molecule has 0 aliphatic carbocycles. The number of rotatable bonds is 40. The van der Waals surface area contributed by atoms with Crippen LogP contribution >= 0.6 is 7.82 Å². The quantitative estimate of drug-likeness (QED) is 0.0208. The van der Waals surface area contributed by atoms with E-state index in [0.29, 0.717) is 6.42 Å². The highest BCUT2D eigenvalue weighted by atomic mass is 31.2. The Hall–Kier alpha value is -2.22. The largest absolute Gasteiger partial charge is 0.498 e. The summed E-state index contributed by atoms with van der Waals surface area (Å²) in [5.41, 5.74) is 5.36. The Labute approximate surface area is 331 Å². The van der Waals surface area contributed by atoms with Crippen LogP contribution in [0.5, 0.6) is 0 Å². The number of ether oxygens (including phenoxy) is 2. The number of hydrogen-bond acceptors (Lipinski definition) is 7. The van der Waals surface area contributed by atoms with Gasteiger partial charge < -0.3 is 20.1 Å². The summed E-state index contributed by atoms with van der Waals surface area (Å²) in [6, 6.07) is 0. The Bertz CT molecular complexity index is 1050. The van der Waals surface area contributed by atoms with E-state index in [9.17, 15) is 14.3 Å². The molecule has 0 saturated heterocycles. The zero-order valence-corrected chi connectivity index (χ0v) is 35.3. The van der Waals surface area contributed by atoms with Gasteiger partial charge in [-0.05, 0) is 70.3 Å². The highest BCUT2D eigenvalue weighted by Crippen LogP contribution is 2.43. The zero-order valence-electron chi connectivity index (χ0n) is 34.4. The third kappa shape index (κ3) is 41.0. The van der Waals surface area contributed by atoms with Crippen molar-refractivity contribution in [1.29, 1.82) is 0 Å². The zero-order chi connectivity index (χ0) is 39.5. The van der Waals surface area contributed by atoms with E-state index in [1.807, 2.05) is 6.08 Å². The van der Waals surface area contributed by atoms with Gasteiger partial charge in [-0.25, -0.2) is 4.57 Å². The minimum atomic E-state index is -4.30. The van der Waals surface area contributed by atoms with Crippen LogP contribution in [0, 0.1) is 0 Å². The molecule has 2 atom stereocenters. The number of carbonyl (C=O) groups excluding carboxylic acids is 1. The van der Waals surface area contributed by atoms with Gasteiger partial charge in [0.15, 0.2) is 6.10 Å². The second-order valence-corrected chi connectivity index (χ2v) is 15.3. The van der Waals surface area contributed by atoms with Gasteiger partial charge in [-0.15, -0.1) is 0 Å². The van der Waals surface area contributed by atoms with Gasteiger partial charge in [0.1, 0.15) is 6.61 Å². The molecule has 1 unspecified atom stereocenters. The van der Waals surface area contributed by atoms with E-state index in [2.05, 4.69) is 74.6 Å². The first kappa shape index (κ1) is 51.8. The van der Waals surface area contributed by atoms with Crippen LogP contribution in [0.4, 0.5) is 0 Å². The fraction of sp³-hybridized carbons (Fsp3) is 0.711. The highest BCUT2D eigenvalue weighted by molar-refractivity contribution is 7.47. The van der Waals surface area contributed by atoms with Crippen LogP contribution < -0.4 is 5.73 Å². The number of nitrogens with two attached hydrogens (primary N) is 1. The van der Waals surface area contributed by atoms with Gasteiger partial charge in [0.2, 0.25) is 0 Å². The maximum atomic E-state index is 12.6. The van der Waals surface area contributed by atoms with E-state index >= 15 is 0 Å². The van der Waals surface area contributed by atoms with E-state index in [1.165, 1.54) is 83.5 Å². The summed E-state index contributed by atoms with van der Waals surface area (Å²) < 4.78 is 33.1. The van der Waals surface area contributed by atoms with E-state index in [1.54, 1.807) is 6.26 Å². The summed E-state index contributed by atoms with van der Waals surface area (Å²) in [5.74, 6) is -0.385. The Morgan fingerprint density at radius 3 is 1.57 bits per heavy atom. The molecule has 9 heteroatoms. The molecular weight excluding hydrogens is 697 g/mol. The van der Waals surface area contributed by atoms with Crippen molar-refractivity contribution < 1.29 is 32.8 Å². The third-order valence-electron chi connectivity index (χ3n) is 8.70. The van der Waals surface area contributed by atoms with Crippen molar-refractivity contribution in [1.82, 2.24) is 0 Å². The number of phosphoric acid groups is 1. The highest BCUT2D eigenvalue weighted by Gasteiger charge is 2.25. The first-order valence-electron chi connectivity index (χ1n) is 21.5. The molecule has 0 aromatic heterocycles. The molecule has 0 radical (unpaired) electrons. The van der Waals surface area contributed by atoms with Crippen molar-refractivity contribution in [2.24, 2.45) is 5.73 Å². The van der Waals surface area contributed by atoms with Crippen LogP contribution in [0.3, 0.4) is 0 Å². The van der Waals surface area contributed by atoms with Crippen LogP contribution in [0.1, 0.15) is 174 Å². The van der Waals surface area contributed by atoms with E-state index in [0.717, 1.165) is 64.2 Å². The number of esters is 1. The molecule has 54 heavy (non-hydrogen) atoms. The molecule has 0 aliphatic heterocycles. The van der Waals surface area contributed by atoms with Crippen LogP contribution in [-0.2, 0) is 27.9 Å². The lowest BCUT2D eigenvalue weighted by Gasteiger charge is -2.19. The molecular formula is C45H80NO7P. The molecule has 3 N–H and O–H groups in total. The molecule has 0 rings (SSSR count). The topological polar surface area (TPSA) is 117 Å². The van der Waals surface area contributed by atoms with Gasteiger partial charge in [-0.2, -0.15) is 0 Å². The summed E-state index contributed by atoms with van der Waals surface area (Å²) in [5, 5.41) is 0. The maximum absolute atomic E-state index is 12.6. The first-order valence-corrected chi connectivity index (χ1v) is 23.0. The molecule has 0 fully saturated rings.